The van der Waals surface area contributed by atoms with Crippen LogP contribution in [0.2, 0.25) is 0 Å². The normalized spacial score (nSPS) is 21.0. The number of nitro groups is 1. The van der Waals surface area contributed by atoms with Crippen molar-refractivity contribution in [2.75, 3.05) is 5.32 Å². The van der Waals surface area contributed by atoms with Crippen LogP contribution in [0.4, 0.5) is 11.4 Å². The number of rotatable bonds is 4. The van der Waals surface area contributed by atoms with Gasteiger partial charge in [0, 0.05) is 17.3 Å². The van der Waals surface area contributed by atoms with E-state index in [0.29, 0.717) is 30.5 Å². The molecule has 0 radical (unpaired) electrons. The molecule has 1 aliphatic rings. The Bertz CT molecular complexity index is 599. The standard InChI is InChI=1S/C14H16N2O5/c1-8-5-6-9(7-12(8)16(20)21)15-13(17)10-3-2-4-11(10)14(18)19/h5-7,10-11H,2-4H2,1H3,(H,15,17)(H,18,19)/t10-,11+/m1/s1. The highest BCUT2D eigenvalue weighted by Gasteiger charge is 2.37. The monoisotopic (exact) mass is 292 g/mol. The number of carbonyl (C=O) groups excluding carboxylic acids is 1. The fraction of sp³-hybridized carbons (Fsp3) is 0.429. The van der Waals surface area contributed by atoms with Crippen molar-refractivity contribution in [3.8, 4) is 0 Å². The Morgan fingerprint density at radius 3 is 2.62 bits per heavy atom. The molecule has 1 aliphatic carbocycles. The maximum Gasteiger partial charge on any atom is 0.307 e. The van der Waals surface area contributed by atoms with Gasteiger partial charge in [0.05, 0.1) is 16.8 Å². The molecule has 0 aromatic heterocycles. The van der Waals surface area contributed by atoms with E-state index in [1.54, 1.807) is 19.1 Å². The predicted octanol–water partition coefficient (Wildman–Crippen LogP) is 2.34. The van der Waals surface area contributed by atoms with Crippen molar-refractivity contribution in [2.24, 2.45) is 11.8 Å². The number of nitro benzene ring substituents is 1. The first-order valence-electron chi connectivity index (χ1n) is 6.69. The van der Waals surface area contributed by atoms with Gasteiger partial charge in [-0.3, -0.25) is 19.7 Å². The maximum atomic E-state index is 12.2. The average Bonchev–Trinajstić information content (AvgIpc) is 2.90. The summed E-state index contributed by atoms with van der Waals surface area (Å²) in [5, 5.41) is 22.5. The van der Waals surface area contributed by atoms with E-state index >= 15 is 0 Å². The van der Waals surface area contributed by atoms with Crippen LogP contribution in [0.25, 0.3) is 0 Å². The molecule has 0 unspecified atom stereocenters. The molecule has 0 heterocycles. The Balaban J connectivity index is 2.14. The fourth-order valence-electron chi connectivity index (χ4n) is 2.69. The SMILES string of the molecule is Cc1ccc(NC(=O)[C@@H]2CCC[C@@H]2C(=O)O)cc1[N+](=O)[O-]. The number of anilines is 1. The summed E-state index contributed by atoms with van der Waals surface area (Å²) in [6.45, 7) is 1.61. The second kappa shape index (κ2) is 5.90. The minimum atomic E-state index is -0.970. The third kappa shape index (κ3) is 3.18. The summed E-state index contributed by atoms with van der Waals surface area (Å²) in [5.41, 5.74) is 0.740. The van der Waals surface area contributed by atoms with Crippen LogP contribution in [0.5, 0.6) is 0 Å². The molecule has 1 aromatic rings. The van der Waals surface area contributed by atoms with Gasteiger partial charge in [0.2, 0.25) is 5.91 Å². The minimum absolute atomic E-state index is 0.0750. The van der Waals surface area contributed by atoms with Crippen LogP contribution in [0.1, 0.15) is 24.8 Å². The molecule has 2 rings (SSSR count). The van der Waals surface area contributed by atoms with Gasteiger partial charge < -0.3 is 10.4 Å². The zero-order valence-corrected chi connectivity index (χ0v) is 11.5. The lowest BCUT2D eigenvalue weighted by atomic mass is 9.95. The summed E-state index contributed by atoms with van der Waals surface area (Å²) in [7, 11) is 0. The molecule has 2 atom stereocenters. The van der Waals surface area contributed by atoms with E-state index in [-0.39, 0.29) is 5.69 Å². The molecule has 7 heteroatoms. The van der Waals surface area contributed by atoms with Crippen LogP contribution >= 0.6 is 0 Å². The Labute approximate surface area is 121 Å². The average molecular weight is 292 g/mol. The van der Waals surface area contributed by atoms with Crippen molar-refractivity contribution in [2.45, 2.75) is 26.2 Å². The third-order valence-electron chi connectivity index (χ3n) is 3.84. The first-order valence-corrected chi connectivity index (χ1v) is 6.69. The van der Waals surface area contributed by atoms with Crippen LogP contribution in [0.15, 0.2) is 18.2 Å². The lowest BCUT2D eigenvalue weighted by Crippen LogP contribution is -2.30. The lowest BCUT2D eigenvalue weighted by molar-refractivity contribution is -0.385. The van der Waals surface area contributed by atoms with Crippen LogP contribution in [0, 0.1) is 28.9 Å². The molecule has 0 bridgehead atoms. The largest absolute Gasteiger partial charge is 0.481 e. The summed E-state index contributed by atoms with van der Waals surface area (Å²) in [4.78, 5) is 33.6. The van der Waals surface area contributed by atoms with E-state index in [4.69, 9.17) is 5.11 Å². The highest BCUT2D eigenvalue weighted by Crippen LogP contribution is 2.33. The number of hydrogen-bond acceptors (Lipinski definition) is 4. The van der Waals surface area contributed by atoms with E-state index in [1.165, 1.54) is 6.07 Å². The van der Waals surface area contributed by atoms with Crippen molar-refractivity contribution in [1.82, 2.24) is 0 Å². The van der Waals surface area contributed by atoms with Crippen molar-refractivity contribution in [3.63, 3.8) is 0 Å². The highest BCUT2D eigenvalue weighted by atomic mass is 16.6. The molecule has 0 saturated heterocycles. The fourth-order valence-corrected chi connectivity index (χ4v) is 2.69. The summed E-state index contributed by atoms with van der Waals surface area (Å²) >= 11 is 0. The second-order valence-corrected chi connectivity index (χ2v) is 5.23. The molecule has 0 aliphatic heterocycles. The van der Waals surface area contributed by atoms with Crippen molar-refractivity contribution >= 4 is 23.3 Å². The van der Waals surface area contributed by atoms with Gasteiger partial charge in [-0.05, 0) is 25.8 Å². The predicted molar refractivity (Wildman–Crippen MR) is 74.9 cm³/mol. The van der Waals surface area contributed by atoms with Gasteiger partial charge in [-0.25, -0.2) is 0 Å². The Kier molecular flexibility index (Phi) is 4.21. The molecule has 1 fully saturated rings. The maximum absolute atomic E-state index is 12.2. The Morgan fingerprint density at radius 2 is 2.00 bits per heavy atom. The number of benzene rings is 1. The van der Waals surface area contributed by atoms with Crippen LogP contribution < -0.4 is 5.32 Å². The van der Waals surface area contributed by atoms with Gasteiger partial charge in [0.25, 0.3) is 5.69 Å². The molecule has 21 heavy (non-hydrogen) atoms. The lowest BCUT2D eigenvalue weighted by Gasteiger charge is -2.15. The van der Waals surface area contributed by atoms with Gasteiger partial charge in [0.15, 0.2) is 0 Å². The zero-order valence-electron chi connectivity index (χ0n) is 11.5. The first kappa shape index (κ1) is 15.0. The summed E-state index contributed by atoms with van der Waals surface area (Å²) < 4.78 is 0. The first-order chi connectivity index (χ1) is 9.90. The molecule has 0 spiro atoms. The second-order valence-electron chi connectivity index (χ2n) is 5.23. The highest BCUT2D eigenvalue weighted by molar-refractivity contribution is 5.95. The zero-order chi connectivity index (χ0) is 15.6. The van der Waals surface area contributed by atoms with Gasteiger partial charge in [-0.2, -0.15) is 0 Å². The topological polar surface area (TPSA) is 110 Å². The molecular weight excluding hydrogens is 276 g/mol. The van der Waals surface area contributed by atoms with E-state index in [1.807, 2.05) is 0 Å². The minimum Gasteiger partial charge on any atom is -0.481 e. The van der Waals surface area contributed by atoms with Gasteiger partial charge >= 0.3 is 5.97 Å². The smallest absolute Gasteiger partial charge is 0.307 e. The van der Waals surface area contributed by atoms with E-state index in [2.05, 4.69) is 5.32 Å². The number of carboxylic acids is 1. The van der Waals surface area contributed by atoms with E-state index in [9.17, 15) is 19.7 Å². The quantitative estimate of drug-likeness (QED) is 0.653. The molecule has 1 aromatic carbocycles. The number of amides is 1. The number of carbonyl (C=O) groups is 2. The van der Waals surface area contributed by atoms with Crippen LogP contribution in [-0.4, -0.2) is 21.9 Å². The Hall–Kier alpha value is -2.44. The Morgan fingerprint density at radius 1 is 1.33 bits per heavy atom. The molecule has 2 N–H and O–H groups in total. The van der Waals surface area contributed by atoms with Gasteiger partial charge in [-0.1, -0.05) is 12.5 Å². The van der Waals surface area contributed by atoms with Crippen molar-refractivity contribution in [3.05, 3.63) is 33.9 Å². The summed E-state index contributed by atoms with van der Waals surface area (Å²) in [6.07, 6.45) is 1.71. The number of aryl methyl sites for hydroxylation is 1. The molecular formula is C14H16N2O5. The summed E-state index contributed by atoms with van der Waals surface area (Å²) in [5.74, 6) is -2.62. The number of hydrogen-bond donors (Lipinski definition) is 2. The molecule has 1 amide bonds. The van der Waals surface area contributed by atoms with Crippen molar-refractivity contribution < 1.29 is 19.6 Å². The third-order valence-corrected chi connectivity index (χ3v) is 3.84. The van der Waals surface area contributed by atoms with Crippen molar-refractivity contribution in [1.29, 1.82) is 0 Å². The van der Waals surface area contributed by atoms with E-state index < -0.39 is 28.6 Å². The number of carboxylic acid groups (broad SMARTS) is 1. The van der Waals surface area contributed by atoms with Crippen LogP contribution in [-0.2, 0) is 9.59 Å². The molecule has 1 saturated carbocycles. The number of aliphatic carboxylic acids is 1. The number of nitrogens with zero attached hydrogens (tertiary/aromatic N) is 1. The number of nitrogens with one attached hydrogen (secondary N) is 1. The molecule has 7 nitrogen and oxygen atoms in total. The van der Waals surface area contributed by atoms with E-state index in [0.717, 1.165) is 0 Å². The molecule has 112 valence electrons. The van der Waals surface area contributed by atoms with Gasteiger partial charge in [0.1, 0.15) is 0 Å². The summed E-state index contributed by atoms with van der Waals surface area (Å²) in [6, 6.07) is 4.42. The van der Waals surface area contributed by atoms with Crippen LogP contribution in [0.3, 0.4) is 0 Å². The van der Waals surface area contributed by atoms with Gasteiger partial charge in [-0.15, -0.1) is 0 Å².